The van der Waals surface area contributed by atoms with Gasteiger partial charge in [-0.3, -0.25) is 0 Å². The summed E-state index contributed by atoms with van der Waals surface area (Å²) >= 11 is 0. The first-order valence-corrected chi connectivity index (χ1v) is 12.8. The van der Waals surface area contributed by atoms with Crippen molar-refractivity contribution in [3.8, 4) is 0 Å². The highest BCUT2D eigenvalue weighted by atomic mass is 19.4. The second kappa shape index (κ2) is 14.1. The first kappa shape index (κ1) is 34.7. The van der Waals surface area contributed by atoms with E-state index in [-0.39, 0.29) is 32.0 Å². The first-order chi connectivity index (χ1) is 18.4. The zero-order valence-electron chi connectivity index (χ0n) is 21.5. The van der Waals surface area contributed by atoms with Crippen molar-refractivity contribution >= 4 is 0 Å². The Morgan fingerprint density at radius 3 is 1.75 bits per heavy atom. The maximum atomic E-state index is 12.1. The number of halogens is 12. The standard InChI is InChI=1S/2C6H8F3N.C6H10F3N.C6H8F3N/c7-6(8,9)5-1-4(5)2-10-3-5;7-6(8,9)3-5-1-2-10-4-5;2*7-6(8,9)5-2-1-3-10-4-5/h4,10H,1-3H2;3,10H,1-2,4H2;5,10H,1-4H2;2,10H,1,3-4H2/b;5-3-;;. The van der Waals surface area contributed by atoms with Gasteiger partial charge in [0.2, 0.25) is 0 Å². The summed E-state index contributed by atoms with van der Waals surface area (Å²) in [5.74, 6) is -1.23. The van der Waals surface area contributed by atoms with Gasteiger partial charge < -0.3 is 21.3 Å². The molecular weight excluding hydrogens is 572 g/mol. The number of rotatable bonds is 0. The van der Waals surface area contributed by atoms with Crippen molar-refractivity contribution in [2.75, 3.05) is 52.4 Å². The highest BCUT2D eigenvalue weighted by molar-refractivity contribution is 5.14. The lowest BCUT2D eigenvalue weighted by atomic mass is 9.99. The van der Waals surface area contributed by atoms with Crippen LogP contribution in [-0.2, 0) is 0 Å². The van der Waals surface area contributed by atoms with Crippen LogP contribution in [0.1, 0.15) is 32.1 Å². The van der Waals surface area contributed by atoms with E-state index in [2.05, 4.69) is 21.3 Å². The molecule has 4 N–H and O–H groups in total. The fraction of sp³-hybridized carbons (Fsp3) is 0.833. The molecule has 0 spiro atoms. The van der Waals surface area contributed by atoms with E-state index in [9.17, 15) is 52.7 Å². The van der Waals surface area contributed by atoms with E-state index in [0.29, 0.717) is 63.5 Å². The molecular formula is C24H34F12N4. The van der Waals surface area contributed by atoms with Crippen LogP contribution in [0.15, 0.2) is 23.3 Å². The number of nitrogens with one attached hydrogen (secondary N) is 4. The Balaban J connectivity index is 0.000000187. The molecule has 234 valence electrons. The van der Waals surface area contributed by atoms with Gasteiger partial charge in [0.05, 0.1) is 11.3 Å². The van der Waals surface area contributed by atoms with E-state index >= 15 is 0 Å². The molecule has 0 aromatic heterocycles. The summed E-state index contributed by atoms with van der Waals surface area (Å²) in [7, 11) is 0. The lowest BCUT2D eigenvalue weighted by Crippen LogP contribution is -2.38. The van der Waals surface area contributed by atoms with Crippen molar-refractivity contribution in [3.05, 3.63) is 23.3 Å². The van der Waals surface area contributed by atoms with Crippen molar-refractivity contribution in [3.63, 3.8) is 0 Å². The SMILES string of the molecule is FC(F)(F)/C=C1/CCNC1.FC(F)(F)C12CNCC1C2.FC(F)(F)C1=CCCNC1.FC(F)(F)C1CCCNC1. The van der Waals surface area contributed by atoms with E-state index in [1.165, 1.54) is 6.08 Å². The van der Waals surface area contributed by atoms with Gasteiger partial charge in [-0.1, -0.05) is 11.6 Å². The third kappa shape index (κ3) is 11.4. The minimum absolute atomic E-state index is 0.0382. The number of fused-ring (bicyclic) bond motifs is 1. The molecule has 0 aromatic carbocycles. The van der Waals surface area contributed by atoms with E-state index in [1.807, 2.05) is 0 Å². The second-order valence-corrected chi connectivity index (χ2v) is 10.2. The monoisotopic (exact) mass is 606 g/mol. The van der Waals surface area contributed by atoms with Crippen LogP contribution in [-0.4, -0.2) is 77.1 Å². The fourth-order valence-electron chi connectivity index (χ4n) is 4.71. The lowest BCUT2D eigenvalue weighted by Gasteiger charge is -2.24. The van der Waals surface area contributed by atoms with Gasteiger partial charge in [0.15, 0.2) is 0 Å². The predicted octanol–water partition coefficient (Wildman–Crippen LogP) is 5.64. The Kier molecular flexibility index (Phi) is 12.2. The van der Waals surface area contributed by atoms with Crippen molar-refractivity contribution in [1.82, 2.24) is 21.3 Å². The second-order valence-electron chi connectivity index (χ2n) is 10.2. The van der Waals surface area contributed by atoms with E-state index in [1.54, 1.807) is 0 Å². The van der Waals surface area contributed by atoms with Crippen LogP contribution < -0.4 is 21.3 Å². The van der Waals surface area contributed by atoms with Crippen LogP contribution in [0.25, 0.3) is 0 Å². The number of alkyl halides is 12. The minimum Gasteiger partial charge on any atom is -0.316 e. The highest BCUT2D eigenvalue weighted by Gasteiger charge is 2.72. The van der Waals surface area contributed by atoms with Crippen LogP contribution in [0.2, 0.25) is 0 Å². The molecule has 4 nitrogen and oxygen atoms in total. The number of hydrogen-bond acceptors (Lipinski definition) is 4. The molecule has 3 unspecified atom stereocenters. The summed E-state index contributed by atoms with van der Waals surface area (Å²) in [5.41, 5.74) is -1.31. The minimum atomic E-state index is -4.14. The fourth-order valence-corrected chi connectivity index (χ4v) is 4.71. The molecule has 0 bridgehead atoms. The maximum Gasteiger partial charge on any atom is 0.413 e. The van der Waals surface area contributed by atoms with Crippen molar-refractivity contribution in [1.29, 1.82) is 0 Å². The van der Waals surface area contributed by atoms with Crippen molar-refractivity contribution in [2.24, 2.45) is 17.3 Å². The molecule has 1 aliphatic carbocycles. The number of piperidine rings is 2. The van der Waals surface area contributed by atoms with Crippen LogP contribution >= 0.6 is 0 Å². The molecule has 0 aromatic rings. The summed E-state index contributed by atoms with van der Waals surface area (Å²) in [5, 5.41) is 11.0. The summed E-state index contributed by atoms with van der Waals surface area (Å²) in [6.07, 6.45) is -12.3. The summed E-state index contributed by atoms with van der Waals surface area (Å²) in [6.45, 7) is 3.20. The quantitative estimate of drug-likeness (QED) is 0.213. The summed E-state index contributed by atoms with van der Waals surface area (Å²) in [4.78, 5) is 0. The Morgan fingerprint density at radius 2 is 1.45 bits per heavy atom. The smallest absolute Gasteiger partial charge is 0.316 e. The molecule has 16 heteroatoms. The molecule has 1 saturated carbocycles. The number of hydrogen-bond donors (Lipinski definition) is 4. The van der Waals surface area contributed by atoms with Crippen LogP contribution in [0.4, 0.5) is 52.7 Å². The van der Waals surface area contributed by atoms with Crippen molar-refractivity contribution in [2.45, 2.75) is 56.8 Å². The van der Waals surface area contributed by atoms with E-state index in [0.717, 1.165) is 6.54 Å². The average Bonchev–Trinajstić information content (AvgIpc) is 3.16. The first-order valence-electron chi connectivity index (χ1n) is 12.8. The molecule has 0 radical (unpaired) electrons. The molecule has 5 aliphatic rings. The van der Waals surface area contributed by atoms with Gasteiger partial charge in [-0.25, -0.2) is 0 Å². The summed E-state index contributed by atoms with van der Waals surface area (Å²) in [6, 6.07) is 0. The molecule has 3 atom stereocenters. The van der Waals surface area contributed by atoms with Crippen LogP contribution in [0, 0.1) is 17.3 Å². The zero-order valence-corrected chi connectivity index (χ0v) is 21.5. The topological polar surface area (TPSA) is 48.1 Å². The van der Waals surface area contributed by atoms with Gasteiger partial charge >= 0.3 is 24.7 Å². The maximum absolute atomic E-state index is 12.1. The number of allylic oxidation sites excluding steroid dienone is 1. The normalized spacial score (nSPS) is 29.6. The molecule has 0 amide bonds. The molecule has 4 fully saturated rings. The molecule has 5 rings (SSSR count). The van der Waals surface area contributed by atoms with E-state index in [4.69, 9.17) is 0 Å². The Hall–Kier alpha value is -1.52. The molecule has 4 aliphatic heterocycles. The molecule has 40 heavy (non-hydrogen) atoms. The van der Waals surface area contributed by atoms with Crippen molar-refractivity contribution < 1.29 is 52.7 Å². The van der Waals surface area contributed by atoms with Gasteiger partial charge in [0, 0.05) is 37.8 Å². The largest absolute Gasteiger partial charge is 0.413 e. The van der Waals surface area contributed by atoms with Crippen LogP contribution in [0.5, 0.6) is 0 Å². The molecule has 4 heterocycles. The molecule has 3 saturated heterocycles. The predicted molar refractivity (Wildman–Crippen MR) is 124 cm³/mol. The van der Waals surface area contributed by atoms with Gasteiger partial charge in [-0.2, -0.15) is 52.7 Å². The van der Waals surface area contributed by atoms with Crippen LogP contribution in [0.3, 0.4) is 0 Å². The zero-order chi connectivity index (χ0) is 30.2. The lowest BCUT2D eigenvalue weighted by molar-refractivity contribution is -0.185. The third-order valence-corrected chi connectivity index (χ3v) is 7.12. The highest BCUT2D eigenvalue weighted by Crippen LogP contribution is 2.63. The summed E-state index contributed by atoms with van der Waals surface area (Å²) < 4.78 is 142. The van der Waals surface area contributed by atoms with Gasteiger partial charge in [0.1, 0.15) is 0 Å². The third-order valence-electron chi connectivity index (χ3n) is 7.12. The van der Waals surface area contributed by atoms with Gasteiger partial charge in [0.25, 0.3) is 0 Å². The average molecular weight is 607 g/mol. The Morgan fingerprint density at radius 1 is 0.775 bits per heavy atom. The van der Waals surface area contributed by atoms with Gasteiger partial charge in [-0.05, 0) is 64.2 Å². The Bertz CT molecular complexity index is 831. The van der Waals surface area contributed by atoms with Gasteiger partial charge in [-0.15, -0.1) is 0 Å². The van der Waals surface area contributed by atoms with E-state index < -0.39 is 41.6 Å². The Labute approximate surface area is 224 Å².